The Labute approximate surface area is 104 Å². The summed E-state index contributed by atoms with van der Waals surface area (Å²) in [7, 11) is 1.77. The fourth-order valence-corrected chi connectivity index (χ4v) is 1.60. The lowest BCUT2D eigenvalue weighted by molar-refractivity contribution is 0.151. The molecule has 0 amide bonds. The van der Waals surface area contributed by atoms with Crippen molar-refractivity contribution in [2.24, 2.45) is 0 Å². The Morgan fingerprint density at radius 1 is 1.11 bits per heavy atom. The molecule has 0 spiro atoms. The third kappa shape index (κ3) is 2.61. The van der Waals surface area contributed by atoms with E-state index in [-0.39, 0.29) is 5.56 Å². The molecule has 0 radical (unpaired) electrons. The van der Waals surface area contributed by atoms with Gasteiger partial charge >= 0.3 is 0 Å². The van der Waals surface area contributed by atoms with Gasteiger partial charge in [0.1, 0.15) is 5.82 Å². The third-order valence-corrected chi connectivity index (χ3v) is 2.53. The van der Waals surface area contributed by atoms with E-state index in [1.165, 1.54) is 12.1 Å². The molecule has 1 N–H and O–H groups in total. The molecule has 2 rings (SSSR count). The zero-order valence-electron chi connectivity index (χ0n) is 10.1. The van der Waals surface area contributed by atoms with Crippen molar-refractivity contribution in [1.29, 1.82) is 0 Å². The third-order valence-electron chi connectivity index (χ3n) is 2.53. The highest BCUT2D eigenvalue weighted by molar-refractivity contribution is 5.58. The first kappa shape index (κ1) is 12.4. The van der Waals surface area contributed by atoms with Crippen molar-refractivity contribution in [2.75, 3.05) is 12.4 Å². The summed E-state index contributed by atoms with van der Waals surface area (Å²) in [6.45, 7) is 1.86. The van der Waals surface area contributed by atoms with E-state index in [0.29, 0.717) is 11.6 Å². The van der Waals surface area contributed by atoms with Gasteiger partial charge in [0.2, 0.25) is 0 Å². The maximum absolute atomic E-state index is 12.4. The molecule has 3 nitrogen and oxygen atoms in total. The molecule has 0 aliphatic heterocycles. The van der Waals surface area contributed by atoms with Gasteiger partial charge < -0.3 is 5.32 Å². The molecule has 0 bridgehead atoms. The zero-order valence-corrected chi connectivity index (χ0v) is 10.1. The summed E-state index contributed by atoms with van der Waals surface area (Å²) in [5.41, 5.74) is 1.54. The average Bonchev–Trinajstić information content (AvgIpc) is 2.38. The normalized spacial score (nSPS) is 10.7. The minimum atomic E-state index is -2.45. The Balaban J connectivity index is 2.39. The number of nitrogens with one attached hydrogen (secondary N) is 1. The lowest BCUT2D eigenvalue weighted by atomic mass is 10.1. The van der Waals surface area contributed by atoms with Gasteiger partial charge in [0.15, 0.2) is 5.82 Å². The number of alkyl halides is 2. The molecule has 1 heterocycles. The number of hydrogen-bond donors (Lipinski definition) is 1. The highest BCUT2D eigenvalue weighted by Gasteiger charge is 2.08. The van der Waals surface area contributed by atoms with Gasteiger partial charge in [0.25, 0.3) is 6.43 Å². The van der Waals surface area contributed by atoms with E-state index in [9.17, 15) is 8.78 Å². The van der Waals surface area contributed by atoms with Crippen molar-refractivity contribution in [3.05, 3.63) is 41.6 Å². The fraction of sp³-hybridized carbons (Fsp3) is 0.231. The molecule has 18 heavy (non-hydrogen) atoms. The molecule has 0 atom stereocenters. The van der Waals surface area contributed by atoms with Crippen LogP contribution in [0.25, 0.3) is 11.4 Å². The van der Waals surface area contributed by atoms with Crippen LogP contribution in [0.1, 0.15) is 17.7 Å². The van der Waals surface area contributed by atoms with E-state index in [1.54, 1.807) is 19.2 Å². The zero-order chi connectivity index (χ0) is 13.1. The minimum Gasteiger partial charge on any atom is -0.373 e. The summed E-state index contributed by atoms with van der Waals surface area (Å²) in [6.07, 6.45) is -2.45. The van der Waals surface area contributed by atoms with Gasteiger partial charge in [-0.25, -0.2) is 18.7 Å². The Bertz CT molecular complexity index is 538. The van der Waals surface area contributed by atoms with Crippen LogP contribution in [0, 0.1) is 6.92 Å². The highest BCUT2D eigenvalue weighted by Crippen LogP contribution is 2.23. The van der Waals surface area contributed by atoms with Gasteiger partial charge in [0, 0.05) is 29.9 Å². The molecule has 0 aliphatic rings. The van der Waals surface area contributed by atoms with Gasteiger partial charge in [-0.1, -0.05) is 24.3 Å². The molecule has 0 saturated carbocycles. The number of halogens is 2. The first-order chi connectivity index (χ1) is 8.60. The second-order valence-corrected chi connectivity index (χ2v) is 3.89. The predicted octanol–water partition coefficient (Wildman–Crippen LogP) is 3.43. The van der Waals surface area contributed by atoms with Crippen LogP contribution in [0.4, 0.5) is 14.6 Å². The average molecular weight is 249 g/mol. The summed E-state index contributed by atoms with van der Waals surface area (Å²) < 4.78 is 24.9. The number of rotatable bonds is 3. The molecule has 2 aromatic rings. The number of anilines is 1. The molecule has 0 unspecified atom stereocenters. The lowest BCUT2D eigenvalue weighted by Crippen LogP contribution is -1.98. The van der Waals surface area contributed by atoms with Crippen molar-refractivity contribution in [3.63, 3.8) is 0 Å². The lowest BCUT2D eigenvalue weighted by Gasteiger charge is -2.06. The second kappa shape index (κ2) is 5.08. The van der Waals surface area contributed by atoms with Gasteiger partial charge in [0.05, 0.1) is 0 Å². The SMILES string of the molecule is CNc1cc(C)nc(-c2ccc(C(F)F)cc2)n1. The molecule has 1 aromatic heterocycles. The Kier molecular flexibility index (Phi) is 3.50. The second-order valence-electron chi connectivity index (χ2n) is 3.89. The molecule has 0 fully saturated rings. The van der Waals surface area contributed by atoms with Crippen molar-refractivity contribution in [2.45, 2.75) is 13.3 Å². The topological polar surface area (TPSA) is 37.8 Å². The molecule has 94 valence electrons. The van der Waals surface area contributed by atoms with Crippen LogP contribution in [0.15, 0.2) is 30.3 Å². The van der Waals surface area contributed by atoms with Gasteiger partial charge in [-0.15, -0.1) is 0 Å². The first-order valence-corrected chi connectivity index (χ1v) is 5.52. The fourth-order valence-electron chi connectivity index (χ4n) is 1.60. The maximum Gasteiger partial charge on any atom is 0.263 e. The Morgan fingerprint density at radius 3 is 2.33 bits per heavy atom. The quantitative estimate of drug-likeness (QED) is 0.905. The monoisotopic (exact) mass is 249 g/mol. The summed E-state index contributed by atoms with van der Waals surface area (Å²) >= 11 is 0. The molecule has 0 aliphatic carbocycles. The van der Waals surface area contributed by atoms with Crippen LogP contribution in [0.3, 0.4) is 0 Å². The van der Waals surface area contributed by atoms with E-state index >= 15 is 0 Å². The summed E-state index contributed by atoms with van der Waals surface area (Å²) in [6, 6.07) is 7.82. The highest BCUT2D eigenvalue weighted by atomic mass is 19.3. The molecular weight excluding hydrogens is 236 g/mol. The van der Waals surface area contributed by atoms with E-state index in [4.69, 9.17) is 0 Å². The smallest absolute Gasteiger partial charge is 0.263 e. The van der Waals surface area contributed by atoms with Gasteiger partial charge in [-0.3, -0.25) is 0 Å². The van der Waals surface area contributed by atoms with Crippen molar-refractivity contribution in [1.82, 2.24) is 9.97 Å². The molecular formula is C13H13F2N3. The summed E-state index contributed by atoms with van der Waals surface area (Å²) in [5, 5.41) is 2.94. The molecule has 5 heteroatoms. The van der Waals surface area contributed by atoms with Gasteiger partial charge in [-0.2, -0.15) is 0 Å². The van der Waals surface area contributed by atoms with E-state index in [1.807, 2.05) is 13.0 Å². The number of nitrogens with zero attached hydrogens (tertiary/aromatic N) is 2. The number of benzene rings is 1. The van der Waals surface area contributed by atoms with Crippen LogP contribution in [0.5, 0.6) is 0 Å². The number of hydrogen-bond acceptors (Lipinski definition) is 3. The van der Waals surface area contributed by atoms with E-state index < -0.39 is 6.43 Å². The molecule has 1 aromatic carbocycles. The number of aromatic nitrogens is 2. The van der Waals surface area contributed by atoms with Crippen molar-refractivity contribution in [3.8, 4) is 11.4 Å². The van der Waals surface area contributed by atoms with Crippen molar-refractivity contribution < 1.29 is 8.78 Å². The Morgan fingerprint density at radius 2 is 1.78 bits per heavy atom. The summed E-state index contributed by atoms with van der Waals surface area (Å²) in [4.78, 5) is 8.58. The van der Waals surface area contributed by atoms with Crippen LogP contribution in [-0.4, -0.2) is 17.0 Å². The predicted molar refractivity (Wildman–Crippen MR) is 66.7 cm³/mol. The standard InChI is InChI=1S/C13H13F2N3/c1-8-7-11(16-2)18-13(17-8)10-5-3-9(4-6-10)12(14)15/h3-7,12H,1-2H3,(H,16,17,18). The molecule has 0 saturated heterocycles. The van der Waals surface area contributed by atoms with E-state index in [0.717, 1.165) is 11.3 Å². The van der Waals surface area contributed by atoms with Gasteiger partial charge in [-0.05, 0) is 6.92 Å². The van der Waals surface area contributed by atoms with Crippen molar-refractivity contribution >= 4 is 5.82 Å². The van der Waals surface area contributed by atoms with Crippen LogP contribution >= 0.6 is 0 Å². The maximum atomic E-state index is 12.4. The van der Waals surface area contributed by atoms with E-state index in [2.05, 4.69) is 15.3 Å². The Hall–Kier alpha value is -2.04. The number of aryl methyl sites for hydroxylation is 1. The summed E-state index contributed by atoms with van der Waals surface area (Å²) in [5.74, 6) is 1.23. The van der Waals surface area contributed by atoms with Crippen LogP contribution in [-0.2, 0) is 0 Å². The first-order valence-electron chi connectivity index (χ1n) is 5.52. The minimum absolute atomic E-state index is 0.000225. The largest absolute Gasteiger partial charge is 0.373 e. The van der Waals surface area contributed by atoms with Crippen LogP contribution in [0.2, 0.25) is 0 Å². The van der Waals surface area contributed by atoms with Crippen LogP contribution < -0.4 is 5.32 Å².